The molecule has 0 fully saturated rings. The summed E-state index contributed by atoms with van der Waals surface area (Å²) in [5, 5.41) is 4.08. The van der Waals surface area contributed by atoms with Crippen LogP contribution >= 0.6 is 0 Å². The van der Waals surface area contributed by atoms with Crippen molar-refractivity contribution in [3.63, 3.8) is 0 Å². The first kappa shape index (κ1) is 18.0. The van der Waals surface area contributed by atoms with Crippen molar-refractivity contribution in [1.29, 1.82) is 0 Å². The first-order valence-corrected chi connectivity index (χ1v) is 8.54. The maximum Gasteiger partial charge on any atom is 0.221 e. The molecule has 1 heterocycles. The zero-order chi connectivity index (χ0) is 17.5. The molecule has 0 aliphatic carbocycles. The summed E-state index contributed by atoms with van der Waals surface area (Å²) in [5.74, 6) is 0.438. The van der Waals surface area contributed by atoms with Crippen molar-refractivity contribution in [3.8, 4) is 0 Å². The SMILES string of the molecule is CC(=O)N(CCC(=O)NCC(C)C)CCc1c[nH]c2ccccc12. The highest BCUT2D eigenvalue weighted by Crippen LogP contribution is 2.18. The fourth-order valence-electron chi connectivity index (χ4n) is 2.66. The van der Waals surface area contributed by atoms with Gasteiger partial charge in [0.1, 0.15) is 0 Å². The lowest BCUT2D eigenvalue weighted by Crippen LogP contribution is -2.36. The van der Waals surface area contributed by atoms with E-state index < -0.39 is 0 Å². The zero-order valence-corrected chi connectivity index (χ0v) is 14.8. The average Bonchev–Trinajstić information content (AvgIpc) is 2.96. The first-order valence-electron chi connectivity index (χ1n) is 8.54. The van der Waals surface area contributed by atoms with Crippen molar-refractivity contribution in [1.82, 2.24) is 15.2 Å². The Kier molecular flexibility index (Phi) is 6.41. The minimum Gasteiger partial charge on any atom is -0.361 e. The largest absolute Gasteiger partial charge is 0.361 e. The minimum atomic E-state index is 0.00189. The molecule has 5 heteroatoms. The molecule has 130 valence electrons. The molecule has 1 aromatic heterocycles. The van der Waals surface area contributed by atoms with Crippen LogP contribution in [0, 0.1) is 5.92 Å². The van der Waals surface area contributed by atoms with Crippen molar-refractivity contribution in [2.75, 3.05) is 19.6 Å². The topological polar surface area (TPSA) is 65.2 Å². The molecule has 24 heavy (non-hydrogen) atoms. The number of carbonyl (C=O) groups excluding carboxylic acids is 2. The second-order valence-electron chi connectivity index (χ2n) is 6.56. The number of aromatic nitrogens is 1. The summed E-state index contributed by atoms with van der Waals surface area (Å²) >= 11 is 0. The number of benzene rings is 1. The van der Waals surface area contributed by atoms with Gasteiger partial charge >= 0.3 is 0 Å². The van der Waals surface area contributed by atoms with Gasteiger partial charge in [0.25, 0.3) is 0 Å². The average molecular weight is 329 g/mol. The van der Waals surface area contributed by atoms with E-state index in [9.17, 15) is 9.59 Å². The van der Waals surface area contributed by atoms with Crippen LogP contribution in [0.15, 0.2) is 30.5 Å². The number of fused-ring (bicyclic) bond motifs is 1. The Morgan fingerprint density at radius 3 is 2.67 bits per heavy atom. The lowest BCUT2D eigenvalue weighted by molar-refractivity contribution is -0.129. The molecule has 1 aromatic carbocycles. The molecular formula is C19H27N3O2. The molecule has 2 amide bonds. The van der Waals surface area contributed by atoms with E-state index in [0.717, 1.165) is 11.9 Å². The number of amides is 2. The lowest BCUT2D eigenvalue weighted by atomic mass is 10.1. The van der Waals surface area contributed by atoms with Crippen LogP contribution in [-0.2, 0) is 16.0 Å². The van der Waals surface area contributed by atoms with E-state index in [1.54, 1.807) is 11.8 Å². The van der Waals surface area contributed by atoms with Gasteiger partial charge in [0.2, 0.25) is 11.8 Å². The van der Waals surface area contributed by atoms with Crippen LogP contribution in [0.5, 0.6) is 0 Å². The van der Waals surface area contributed by atoms with E-state index in [-0.39, 0.29) is 11.8 Å². The zero-order valence-electron chi connectivity index (χ0n) is 14.8. The molecule has 2 aromatic rings. The van der Waals surface area contributed by atoms with Gasteiger partial charge < -0.3 is 15.2 Å². The van der Waals surface area contributed by atoms with Crippen molar-refractivity contribution in [2.45, 2.75) is 33.6 Å². The van der Waals surface area contributed by atoms with E-state index in [4.69, 9.17) is 0 Å². The molecule has 0 radical (unpaired) electrons. The number of rotatable bonds is 8. The Hall–Kier alpha value is -2.30. The molecule has 0 unspecified atom stereocenters. The van der Waals surface area contributed by atoms with E-state index in [0.29, 0.717) is 32.0 Å². The Bertz CT molecular complexity index is 691. The second-order valence-corrected chi connectivity index (χ2v) is 6.56. The van der Waals surface area contributed by atoms with Crippen molar-refractivity contribution >= 4 is 22.7 Å². The van der Waals surface area contributed by atoms with Gasteiger partial charge in [-0.2, -0.15) is 0 Å². The number of hydrogen-bond acceptors (Lipinski definition) is 2. The molecule has 0 spiro atoms. The van der Waals surface area contributed by atoms with Crippen LogP contribution < -0.4 is 5.32 Å². The van der Waals surface area contributed by atoms with Crippen LogP contribution in [0.25, 0.3) is 10.9 Å². The summed E-state index contributed by atoms with van der Waals surface area (Å²) in [6, 6.07) is 8.14. The number of nitrogens with zero attached hydrogens (tertiary/aromatic N) is 1. The van der Waals surface area contributed by atoms with Crippen molar-refractivity contribution < 1.29 is 9.59 Å². The molecule has 5 nitrogen and oxygen atoms in total. The number of carbonyl (C=O) groups is 2. The van der Waals surface area contributed by atoms with E-state index in [1.807, 2.05) is 24.4 Å². The number of aromatic amines is 1. The van der Waals surface area contributed by atoms with Crippen LogP contribution in [0.3, 0.4) is 0 Å². The molecular weight excluding hydrogens is 302 g/mol. The minimum absolute atomic E-state index is 0.00189. The summed E-state index contributed by atoms with van der Waals surface area (Å²) in [6.07, 6.45) is 3.12. The maximum atomic E-state index is 11.8. The molecule has 0 atom stereocenters. The molecule has 0 saturated carbocycles. The summed E-state index contributed by atoms with van der Waals surface area (Å²) in [6.45, 7) is 7.43. The monoisotopic (exact) mass is 329 g/mol. The van der Waals surface area contributed by atoms with Crippen LogP contribution in [0.2, 0.25) is 0 Å². The summed E-state index contributed by atoms with van der Waals surface area (Å²) in [7, 11) is 0. The molecule has 2 N–H and O–H groups in total. The number of hydrogen-bond donors (Lipinski definition) is 2. The van der Waals surface area contributed by atoms with Gasteiger partial charge in [0.15, 0.2) is 0 Å². The van der Waals surface area contributed by atoms with Gasteiger partial charge in [0, 0.05) is 50.1 Å². The Balaban J connectivity index is 1.87. The van der Waals surface area contributed by atoms with E-state index >= 15 is 0 Å². The highest BCUT2D eigenvalue weighted by atomic mass is 16.2. The molecule has 0 aliphatic heterocycles. The number of para-hydroxylation sites is 1. The quantitative estimate of drug-likeness (QED) is 0.782. The fraction of sp³-hybridized carbons (Fsp3) is 0.474. The normalized spacial score (nSPS) is 11.0. The predicted molar refractivity (Wildman–Crippen MR) is 96.7 cm³/mol. The van der Waals surface area contributed by atoms with E-state index in [1.165, 1.54) is 10.9 Å². The van der Waals surface area contributed by atoms with Crippen molar-refractivity contribution in [2.24, 2.45) is 5.92 Å². The highest BCUT2D eigenvalue weighted by Gasteiger charge is 2.12. The van der Waals surface area contributed by atoms with Gasteiger partial charge in [-0.15, -0.1) is 0 Å². The van der Waals surface area contributed by atoms with Gasteiger partial charge in [-0.25, -0.2) is 0 Å². The van der Waals surface area contributed by atoms with Crippen LogP contribution in [0.4, 0.5) is 0 Å². The summed E-state index contributed by atoms with van der Waals surface area (Å²) in [5.41, 5.74) is 2.30. The standard InChI is InChI=1S/C19H27N3O2/c1-14(2)12-21-19(24)9-11-22(15(3)23)10-8-16-13-20-18-7-5-4-6-17(16)18/h4-7,13-14,20H,8-12H2,1-3H3,(H,21,24). The summed E-state index contributed by atoms with van der Waals surface area (Å²) in [4.78, 5) is 28.7. The van der Waals surface area contributed by atoms with Gasteiger partial charge in [0.05, 0.1) is 0 Å². The second kappa shape index (κ2) is 8.52. The van der Waals surface area contributed by atoms with Gasteiger partial charge in [-0.05, 0) is 24.0 Å². The van der Waals surface area contributed by atoms with Crippen LogP contribution in [0.1, 0.15) is 32.8 Å². The van der Waals surface area contributed by atoms with Crippen LogP contribution in [-0.4, -0.2) is 41.3 Å². The molecule has 2 rings (SSSR count). The fourth-order valence-corrected chi connectivity index (χ4v) is 2.66. The van der Waals surface area contributed by atoms with Gasteiger partial charge in [-0.3, -0.25) is 9.59 Å². The Labute approximate surface area is 143 Å². The first-order chi connectivity index (χ1) is 11.5. The Morgan fingerprint density at radius 2 is 1.96 bits per heavy atom. The third-order valence-corrected chi connectivity index (χ3v) is 4.09. The van der Waals surface area contributed by atoms with E-state index in [2.05, 4.69) is 30.2 Å². The summed E-state index contributed by atoms with van der Waals surface area (Å²) < 4.78 is 0. The third-order valence-electron chi connectivity index (χ3n) is 4.09. The molecule has 0 aliphatic rings. The van der Waals surface area contributed by atoms with Gasteiger partial charge in [-0.1, -0.05) is 32.0 Å². The van der Waals surface area contributed by atoms with Crippen molar-refractivity contribution in [3.05, 3.63) is 36.0 Å². The Morgan fingerprint density at radius 1 is 1.21 bits per heavy atom. The molecule has 0 saturated heterocycles. The predicted octanol–water partition coefficient (Wildman–Crippen LogP) is 2.72. The smallest absolute Gasteiger partial charge is 0.221 e. The lowest BCUT2D eigenvalue weighted by Gasteiger charge is -2.21. The number of nitrogens with one attached hydrogen (secondary N) is 2. The third kappa shape index (κ3) is 5.11. The maximum absolute atomic E-state index is 11.8. The highest BCUT2D eigenvalue weighted by molar-refractivity contribution is 5.83. The number of H-pyrrole nitrogens is 1. The molecule has 0 bridgehead atoms.